The summed E-state index contributed by atoms with van der Waals surface area (Å²) in [7, 11) is 0. The lowest BCUT2D eigenvalue weighted by Crippen LogP contribution is -2.41. The number of esters is 4. The van der Waals surface area contributed by atoms with E-state index in [1.165, 1.54) is 13.8 Å². The summed E-state index contributed by atoms with van der Waals surface area (Å²) in [6.07, 6.45) is 0. The van der Waals surface area contributed by atoms with Gasteiger partial charge in [0.1, 0.15) is 26.4 Å². The molecule has 0 saturated carbocycles. The first-order valence-corrected chi connectivity index (χ1v) is 6.87. The highest BCUT2D eigenvalue weighted by atomic mass is 19.3. The maximum Gasteiger partial charge on any atom is 0.437 e. The van der Waals surface area contributed by atoms with Gasteiger partial charge in [-0.2, -0.15) is 8.78 Å². The van der Waals surface area contributed by atoms with Crippen molar-refractivity contribution in [2.24, 2.45) is 0 Å². The highest BCUT2D eigenvalue weighted by Gasteiger charge is 2.51. The zero-order chi connectivity index (χ0) is 19.6. The minimum absolute atomic E-state index is 0.0765. The molecule has 8 nitrogen and oxygen atoms in total. The van der Waals surface area contributed by atoms with Gasteiger partial charge in [-0.3, -0.25) is 0 Å². The van der Waals surface area contributed by atoms with Crippen molar-refractivity contribution in [3.05, 3.63) is 24.3 Å². The smallest absolute Gasteiger partial charge is 0.437 e. The largest absolute Gasteiger partial charge is 0.459 e. The molecule has 140 valence electrons. The fraction of sp³-hybridized carbons (Fsp3) is 0.467. The molecule has 0 bridgehead atoms. The van der Waals surface area contributed by atoms with Crippen molar-refractivity contribution in [3.63, 3.8) is 0 Å². The van der Waals surface area contributed by atoms with Gasteiger partial charge < -0.3 is 18.9 Å². The van der Waals surface area contributed by atoms with Crippen molar-refractivity contribution >= 4 is 23.9 Å². The van der Waals surface area contributed by atoms with Crippen LogP contribution >= 0.6 is 0 Å². The summed E-state index contributed by atoms with van der Waals surface area (Å²) in [6, 6.07) is 0. The minimum Gasteiger partial charge on any atom is -0.459 e. The van der Waals surface area contributed by atoms with E-state index in [0.29, 0.717) is 0 Å². The topological polar surface area (TPSA) is 105 Å². The zero-order valence-corrected chi connectivity index (χ0v) is 13.8. The first-order chi connectivity index (χ1) is 11.5. The van der Waals surface area contributed by atoms with E-state index < -0.39 is 56.2 Å². The van der Waals surface area contributed by atoms with Gasteiger partial charge >= 0.3 is 29.8 Å². The van der Waals surface area contributed by atoms with Gasteiger partial charge in [-0.1, -0.05) is 13.2 Å². The standard InChI is InChI=1S/C15H18F2O8/c1-9(2)11(18)22-5-7-24-13(20)15(16,17)14(21)25-8-6-23-12(19)10(3)4/h1,3,5-8H2,2,4H3. The van der Waals surface area contributed by atoms with E-state index in [2.05, 4.69) is 32.1 Å². The lowest BCUT2D eigenvalue weighted by molar-refractivity contribution is -0.192. The van der Waals surface area contributed by atoms with Crippen LogP contribution in [-0.2, 0) is 38.1 Å². The minimum atomic E-state index is -4.56. The normalized spacial score (nSPS) is 10.4. The zero-order valence-electron chi connectivity index (χ0n) is 13.8. The molecule has 0 rings (SSSR count). The van der Waals surface area contributed by atoms with Gasteiger partial charge in [0.15, 0.2) is 0 Å². The summed E-state index contributed by atoms with van der Waals surface area (Å²) >= 11 is 0. The van der Waals surface area contributed by atoms with E-state index in [1.807, 2.05) is 0 Å². The number of ether oxygens (including phenoxy) is 4. The quantitative estimate of drug-likeness (QED) is 0.185. The highest BCUT2D eigenvalue weighted by molar-refractivity contribution is 6.01. The molecule has 0 aromatic carbocycles. The van der Waals surface area contributed by atoms with E-state index in [9.17, 15) is 28.0 Å². The molecule has 0 aliphatic rings. The molecule has 0 atom stereocenters. The summed E-state index contributed by atoms with van der Waals surface area (Å²) in [4.78, 5) is 44.4. The molecule has 25 heavy (non-hydrogen) atoms. The Morgan fingerprint density at radius 1 is 0.720 bits per heavy atom. The molecule has 0 spiro atoms. The molecule has 0 saturated heterocycles. The molecular formula is C15H18F2O8. The average molecular weight is 364 g/mol. The van der Waals surface area contributed by atoms with Crippen LogP contribution in [0, 0.1) is 0 Å². The van der Waals surface area contributed by atoms with E-state index >= 15 is 0 Å². The summed E-state index contributed by atoms with van der Waals surface area (Å²) in [6.45, 7) is 6.97. The number of rotatable bonds is 10. The van der Waals surface area contributed by atoms with Gasteiger partial charge in [0.2, 0.25) is 0 Å². The van der Waals surface area contributed by atoms with Crippen LogP contribution in [-0.4, -0.2) is 56.2 Å². The number of carbonyl (C=O) groups excluding carboxylic acids is 4. The van der Waals surface area contributed by atoms with E-state index in [-0.39, 0.29) is 11.1 Å². The molecule has 0 fully saturated rings. The van der Waals surface area contributed by atoms with Gasteiger partial charge in [0, 0.05) is 11.1 Å². The molecule has 0 aromatic heterocycles. The van der Waals surface area contributed by atoms with Gasteiger partial charge in [-0.15, -0.1) is 0 Å². The van der Waals surface area contributed by atoms with Crippen molar-refractivity contribution in [1.29, 1.82) is 0 Å². The van der Waals surface area contributed by atoms with E-state index in [0.717, 1.165) is 0 Å². The number of halogens is 2. The Kier molecular flexibility index (Phi) is 9.03. The van der Waals surface area contributed by atoms with E-state index in [4.69, 9.17) is 0 Å². The summed E-state index contributed by atoms with van der Waals surface area (Å²) in [5.41, 5.74) is 0.153. The molecule has 10 heteroatoms. The summed E-state index contributed by atoms with van der Waals surface area (Å²) < 4.78 is 44.2. The maximum atomic E-state index is 13.4. The van der Waals surface area contributed by atoms with Gasteiger partial charge in [-0.25, -0.2) is 19.2 Å². The molecule has 0 aliphatic carbocycles. The van der Waals surface area contributed by atoms with Crippen LogP contribution in [0.3, 0.4) is 0 Å². The van der Waals surface area contributed by atoms with Crippen molar-refractivity contribution in [1.82, 2.24) is 0 Å². The molecule has 0 aromatic rings. The van der Waals surface area contributed by atoms with Crippen LogP contribution < -0.4 is 0 Å². The molecule has 0 unspecified atom stereocenters. The Morgan fingerprint density at radius 3 is 1.28 bits per heavy atom. The van der Waals surface area contributed by atoms with Crippen LogP contribution in [0.4, 0.5) is 8.78 Å². The first-order valence-electron chi connectivity index (χ1n) is 6.87. The average Bonchev–Trinajstić information content (AvgIpc) is 2.53. The first kappa shape index (κ1) is 22.2. The fourth-order valence-corrected chi connectivity index (χ4v) is 1.05. The van der Waals surface area contributed by atoms with Crippen LogP contribution in [0.25, 0.3) is 0 Å². The Hall–Kier alpha value is -2.78. The van der Waals surface area contributed by atoms with Crippen molar-refractivity contribution in [2.45, 2.75) is 19.8 Å². The number of hydrogen-bond acceptors (Lipinski definition) is 8. The van der Waals surface area contributed by atoms with Crippen LogP contribution in [0.1, 0.15) is 13.8 Å². The molecular weight excluding hydrogens is 346 g/mol. The summed E-state index contributed by atoms with van der Waals surface area (Å²) in [5, 5.41) is 0. The van der Waals surface area contributed by atoms with Crippen LogP contribution in [0.15, 0.2) is 24.3 Å². The maximum absolute atomic E-state index is 13.4. The fourth-order valence-electron chi connectivity index (χ4n) is 1.05. The predicted molar refractivity (Wildman–Crippen MR) is 78.4 cm³/mol. The SMILES string of the molecule is C=C(C)C(=O)OCCOC(=O)C(F)(F)C(=O)OCCOC(=O)C(=C)C. The Balaban J connectivity index is 4.21. The Labute approximate surface area is 142 Å². The molecule has 0 heterocycles. The monoisotopic (exact) mass is 364 g/mol. The second kappa shape index (κ2) is 10.2. The van der Waals surface area contributed by atoms with Gasteiger partial charge in [0.25, 0.3) is 0 Å². The third-order valence-corrected chi connectivity index (χ3v) is 2.31. The summed E-state index contributed by atoms with van der Waals surface area (Å²) in [5.74, 6) is -10.5. The third kappa shape index (κ3) is 8.04. The van der Waals surface area contributed by atoms with Crippen LogP contribution in [0.2, 0.25) is 0 Å². The predicted octanol–water partition coefficient (Wildman–Crippen LogP) is 0.947. The lowest BCUT2D eigenvalue weighted by Gasteiger charge is -2.14. The van der Waals surface area contributed by atoms with Crippen molar-refractivity contribution in [3.8, 4) is 0 Å². The van der Waals surface area contributed by atoms with Crippen LogP contribution in [0.5, 0.6) is 0 Å². The number of alkyl halides is 2. The lowest BCUT2D eigenvalue weighted by atomic mass is 10.3. The van der Waals surface area contributed by atoms with Crippen molar-refractivity contribution in [2.75, 3.05) is 26.4 Å². The molecule has 0 radical (unpaired) electrons. The molecule has 0 N–H and O–H groups in total. The van der Waals surface area contributed by atoms with E-state index in [1.54, 1.807) is 0 Å². The Morgan fingerprint density at radius 2 is 1.00 bits per heavy atom. The van der Waals surface area contributed by atoms with Gasteiger partial charge in [-0.05, 0) is 13.8 Å². The number of hydrogen-bond donors (Lipinski definition) is 0. The van der Waals surface area contributed by atoms with Crippen molar-refractivity contribution < 1.29 is 46.9 Å². The third-order valence-electron chi connectivity index (χ3n) is 2.31. The highest BCUT2D eigenvalue weighted by Crippen LogP contribution is 2.17. The second-order valence-electron chi connectivity index (χ2n) is 4.68. The Bertz CT molecular complexity index is 520. The van der Waals surface area contributed by atoms with Gasteiger partial charge in [0.05, 0.1) is 0 Å². The number of carbonyl (C=O) groups is 4. The second-order valence-corrected chi connectivity index (χ2v) is 4.68. The molecule has 0 aliphatic heterocycles. The molecule has 0 amide bonds.